The molecule has 0 saturated heterocycles. The number of aromatic nitrogens is 3. The molecule has 1 N–H and O–H groups in total. The largest absolute Gasteiger partial charge is 0.497 e. The van der Waals surface area contributed by atoms with E-state index in [4.69, 9.17) is 9.47 Å². The number of hydrogen-bond acceptors (Lipinski definition) is 7. The van der Waals surface area contributed by atoms with Gasteiger partial charge in [-0.05, 0) is 54.8 Å². The Bertz CT molecular complexity index is 1190. The van der Waals surface area contributed by atoms with Gasteiger partial charge in [-0.25, -0.2) is 18.1 Å². The van der Waals surface area contributed by atoms with Crippen LogP contribution in [0.1, 0.15) is 16.7 Å². The molecule has 10 nitrogen and oxygen atoms in total. The van der Waals surface area contributed by atoms with Crippen LogP contribution in [-0.4, -0.2) is 67.3 Å². The highest BCUT2D eigenvalue weighted by Crippen LogP contribution is 2.27. The van der Waals surface area contributed by atoms with Gasteiger partial charge in [0.05, 0.1) is 25.2 Å². The standard InChI is InChI=1S/C23H29N5O5S/c1-17-11-21(32-4)12-18(2)23(17)34(30,31)27(3)9-10-33-14-22(29)26-20-7-5-19(6-8-20)13-28-16-24-15-25-28/h5-8,11-12,15-16H,9-10,13-14H2,1-4H3,(H,26,29). The van der Waals surface area contributed by atoms with Gasteiger partial charge in [-0.1, -0.05) is 12.1 Å². The molecule has 3 aromatic rings. The number of carbonyl (C=O) groups excluding carboxylic acids is 1. The first kappa shape index (κ1) is 25.3. The van der Waals surface area contributed by atoms with E-state index in [1.807, 2.05) is 12.1 Å². The monoisotopic (exact) mass is 487 g/mol. The molecule has 3 rings (SSSR count). The normalized spacial score (nSPS) is 11.6. The number of rotatable bonds is 11. The molecule has 0 spiro atoms. The molecule has 0 atom stereocenters. The minimum atomic E-state index is -3.71. The van der Waals surface area contributed by atoms with Crippen LogP contribution in [0.2, 0.25) is 0 Å². The number of nitrogens with zero attached hydrogens (tertiary/aromatic N) is 4. The van der Waals surface area contributed by atoms with Crippen LogP contribution in [0.15, 0.2) is 53.9 Å². The Hall–Kier alpha value is -3.28. The lowest BCUT2D eigenvalue weighted by atomic mass is 10.1. The average molecular weight is 488 g/mol. The minimum Gasteiger partial charge on any atom is -0.497 e. The van der Waals surface area contributed by atoms with Crippen molar-refractivity contribution < 1.29 is 22.7 Å². The molecule has 11 heteroatoms. The molecule has 1 amide bonds. The zero-order chi connectivity index (χ0) is 24.7. The molecular weight excluding hydrogens is 458 g/mol. The molecule has 1 aromatic heterocycles. The van der Waals surface area contributed by atoms with Gasteiger partial charge in [-0.3, -0.25) is 4.79 Å². The van der Waals surface area contributed by atoms with Crippen molar-refractivity contribution in [2.45, 2.75) is 25.3 Å². The summed E-state index contributed by atoms with van der Waals surface area (Å²) in [6.45, 7) is 4.06. The van der Waals surface area contributed by atoms with Crippen molar-refractivity contribution in [2.24, 2.45) is 0 Å². The number of carbonyl (C=O) groups is 1. The van der Waals surface area contributed by atoms with E-state index in [0.717, 1.165) is 5.56 Å². The summed E-state index contributed by atoms with van der Waals surface area (Å²) in [5.41, 5.74) is 2.88. The van der Waals surface area contributed by atoms with Crippen LogP contribution in [0, 0.1) is 13.8 Å². The summed E-state index contributed by atoms with van der Waals surface area (Å²) >= 11 is 0. The number of aryl methyl sites for hydroxylation is 2. The maximum Gasteiger partial charge on any atom is 0.250 e. The van der Waals surface area contributed by atoms with E-state index >= 15 is 0 Å². The van der Waals surface area contributed by atoms with Crippen LogP contribution < -0.4 is 10.1 Å². The maximum atomic E-state index is 13.0. The van der Waals surface area contributed by atoms with Gasteiger partial charge in [-0.2, -0.15) is 9.40 Å². The smallest absolute Gasteiger partial charge is 0.250 e. The lowest BCUT2D eigenvalue weighted by molar-refractivity contribution is -0.120. The molecule has 0 aliphatic heterocycles. The van der Waals surface area contributed by atoms with Crippen molar-refractivity contribution in [3.05, 3.63) is 65.7 Å². The quantitative estimate of drug-likeness (QED) is 0.412. The van der Waals surface area contributed by atoms with Crippen LogP contribution in [0.5, 0.6) is 5.75 Å². The van der Waals surface area contributed by atoms with Crippen molar-refractivity contribution in [2.75, 3.05) is 39.2 Å². The van der Waals surface area contributed by atoms with Crippen molar-refractivity contribution >= 4 is 21.6 Å². The fourth-order valence-corrected chi connectivity index (χ4v) is 5.02. The first-order chi connectivity index (χ1) is 16.2. The second-order valence-electron chi connectivity index (χ2n) is 7.81. The fraction of sp³-hybridized carbons (Fsp3) is 0.348. The molecule has 0 unspecified atom stereocenters. The van der Waals surface area contributed by atoms with Crippen molar-refractivity contribution in [3.63, 3.8) is 0 Å². The highest BCUT2D eigenvalue weighted by Gasteiger charge is 2.25. The molecule has 1 heterocycles. The molecular formula is C23H29N5O5S. The molecule has 0 aliphatic rings. The summed E-state index contributed by atoms with van der Waals surface area (Å²) in [6, 6.07) is 10.8. The summed E-state index contributed by atoms with van der Waals surface area (Å²) in [7, 11) is -0.682. The van der Waals surface area contributed by atoms with E-state index in [0.29, 0.717) is 29.1 Å². The highest BCUT2D eigenvalue weighted by molar-refractivity contribution is 7.89. The van der Waals surface area contributed by atoms with E-state index < -0.39 is 10.0 Å². The van der Waals surface area contributed by atoms with Gasteiger partial charge >= 0.3 is 0 Å². The van der Waals surface area contributed by atoms with Gasteiger partial charge in [-0.15, -0.1) is 0 Å². The average Bonchev–Trinajstić information content (AvgIpc) is 3.30. The number of sulfonamides is 1. The summed E-state index contributed by atoms with van der Waals surface area (Å²) in [5.74, 6) is 0.284. The lowest BCUT2D eigenvalue weighted by Crippen LogP contribution is -2.32. The molecule has 0 bridgehead atoms. The van der Waals surface area contributed by atoms with Crippen LogP contribution in [0.3, 0.4) is 0 Å². The first-order valence-electron chi connectivity index (χ1n) is 10.6. The number of benzene rings is 2. The molecule has 2 aromatic carbocycles. The number of amides is 1. The van der Waals surface area contributed by atoms with Crippen LogP contribution >= 0.6 is 0 Å². The number of likely N-dealkylation sites (N-methyl/N-ethyl adjacent to an activating group) is 1. The SMILES string of the molecule is COc1cc(C)c(S(=O)(=O)N(C)CCOCC(=O)Nc2ccc(Cn3cncn3)cc2)c(C)c1. The first-order valence-corrected chi connectivity index (χ1v) is 12.0. The number of methoxy groups -OCH3 is 1. The summed E-state index contributed by atoms with van der Waals surface area (Å²) in [5, 5.41) is 6.81. The van der Waals surface area contributed by atoms with Gasteiger partial charge in [0, 0.05) is 19.3 Å². The third-order valence-corrected chi connectivity index (χ3v) is 7.33. The Morgan fingerprint density at radius 1 is 1.15 bits per heavy atom. The maximum absolute atomic E-state index is 13.0. The number of hydrogen-bond donors (Lipinski definition) is 1. The molecule has 34 heavy (non-hydrogen) atoms. The zero-order valence-corrected chi connectivity index (χ0v) is 20.5. The molecule has 0 aliphatic carbocycles. The van der Waals surface area contributed by atoms with Gasteiger partial charge in [0.25, 0.3) is 0 Å². The van der Waals surface area contributed by atoms with Gasteiger partial charge in [0.1, 0.15) is 25.0 Å². The van der Waals surface area contributed by atoms with E-state index in [2.05, 4.69) is 15.4 Å². The number of nitrogens with one attached hydrogen (secondary N) is 1. The third-order valence-electron chi connectivity index (χ3n) is 5.17. The molecule has 0 fully saturated rings. The third kappa shape index (κ3) is 6.40. The molecule has 0 saturated carbocycles. The summed E-state index contributed by atoms with van der Waals surface area (Å²) in [4.78, 5) is 16.3. The van der Waals surface area contributed by atoms with E-state index in [1.54, 1.807) is 49.1 Å². The second-order valence-corrected chi connectivity index (χ2v) is 9.79. The van der Waals surface area contributed by atoms with Crippen molar-refractivity contribution in [1.82, 2.24) is 19.1 Å². The van der Waals surface area contributed by atoms with E-state index in [1.165, 1.54) is 24.8 Å². The summed E-state index contributed by atoms with van der Waals surface area (Å²) in [6.07, 6.45) is 3.11. The molecule has 182 valence electrons. The Morgan fingerprint density at radius 2 is 1.82 bits per heavy atom. The Labute approximate surface area is 199 Å². The second kappa shape index (κ2) is 11.2. The van der Waals surface area contributed by atoms with Gasteiger partial charge < -0.3 is 14.8 Å². The Kier molecular flexibility index (Phi) is 8.37. The van der Waals surface area contributed by atoms with Crippen molar-refractivity contribution in [1.29, 1.82) is 0 Å². The van der Waals surface area contributed by atoms with Gasteiger partial charge in [0.15, 0.2) is 0 Å². The van der Waals surface area contributed by atoms with E-state index in [-0.39, 0.29) is 30.6 Å². The minimum absolute atomic E-state index is 0.0776. The van der Waals surface area contributed by atoms with Crippen LogP contribution in [0.25, 0.3) is 0 Å². The lowest BCUT2D eigenvalue weighted by Gasteiger charge is -2.20. The summed E-state index contributed by atoms with van der Waals surface area (Å²) < 4.78 is 39.6. The topological polar surface area (TPSA) is 116 Å². The van der Waals surface area contributed by atoms with Gasteiger partial charge in [0.2, 0.25) is 15.9 Å². The fourth-order valence-electron chi connectivity index (χ4n) is 3.46. The Balaban J connectivity index is 1.46. The zero-order valence-electron chi connectivity index (χ0n) is 19.7. The van der Waals surface area contributed by atoms with Crippen LogP contribution in [0.4, 0.5) is 5.69 Å². The predicted molar refractivity (Wildman–Crippen MR) is 127 cm³/mol. The van der Waals surface area contributed by atoms with E-state index in [9.17, 15) is 13.2 Å². The highest BCUT2D eigenvalue weighted by atomic mass is 32.2. The predicted octanol–water partition coefficient (Wildman–Crippen LogP) is 2.23. The number of ether oxygens (including phenoxy) is 2. The number of anilines is 1. The van der Waals surface area contributed by atoms with Crippen LogP contribution in [-0.2, 0) is 26.1 Å². The van der Waals surface area contributed by atoms with Crippen molar-refractivity contribution in [3.8, 4) is 5.75 Å². The Morgan fingerprint density at radius 3 is 2.41 bits per heavy atom. The molecule has 0 radical (unpaired) electrons.